The number of phenols is 1. The Morgan fingerprint density at radius 1 is 1.22 bits per heavy atom. The van der Waals surface area contributed by atoms with Gasteiger partial charge in [-0.2, -0.15) is 10.2 Å². The molecule has 1 N–H and O–H groups in total. The zero-order valence-corrected chi connectivity index (χ0v) is 14.8. The quantitative estimate of drug-likeness (QED) is 0.314. The number of ketones is 1. The lowest BCUT2D eigenvalue weighted by atomic mass is 10.2. The first-order chi connectivity index (χ1) is 12.9. The van der Waals surface area contributed by atoms with Crippen LogP contribution in [0.1, 0.15) is 22.3 Å². The molecule has 0 aliphatic rings. The number of benzene rings is 2. The number of carbonyl (C=O) groups is 1. The van der Waals surface area contributed by atoms with Gasteiger partial charge >= 0.3 is 0 Å². The van der Waals surface area contributed by atoms with Crippen molar-refractivity contribution in [3.8, 4) is 11.4 Å². The summed E-state index contributed by atoms with van der Waals surface area (Å²) < 4.78 is 1.40. The predicted octanol–water partition coefficient (Wildman–Crippen LogP) is 2.69. The first-order valence-electron chi connectivity index (χ1n) is 7.66. The summed E-state index contributed by atoms with van der Waals surface area (Å²) in [5.74, 6) is -0.0757. The van der Waals surface area contributed by atoms with Crippen LogP contribution in [0.25, 0.3) is 5.69 Å². The van der Waals surface area contributed by atoms with Crippen molar-refractivity contribution in [3.63, 3.8) is 0 Å². The number of phenolic OH excluding ortho intramolecular Hbond substituents is 1. The van der Waals surface area contributed by atoms with Crippen LogP contribution in [0, 0.1) is 10.1 Å². The maximum atomic E-state index is 11.7. The van der Waals surface area contributed by atoms with E-state index in [-0.39, 0.29) is 22.2 Å². The van der Waals surface area contributed by atoms with Gasteiger partial charge in [0.05, 0.1) is 16.8 Å². The van der Waals surface area contributed by atoms with Crippen LogP contribution in [0.2, 0.25) is 0 Å². The summed E-state index contributed by atoms with van der Waals surface area (Å²) in [4.78, 5) is 22.3. The third-order valence-electron chi connectivity index (χ3n) is 3.41. The van der Waals surface area contributed by atoms with Gasteiger partial charge in [-0.1, -0.05) is 11.3 Å². The minimum atomic E-state index is -0.496. The van der Waals surface area contributed by atoms with Gasteiger partial charge in [0, 0.05) is 19.1 Å². The Kier molecular flexibility index (Phi) is 5.18. The van der Waals surface area contributed by atoms with Crippen LogP contribution >= 0.6 is 11.3 Å². The number of aromatic nitrogens is 2. The molecule has 1 aromatic heterocycles. The molecule has 27 heavy (non-hydrogen) atoms. The largest absolute Gasteiger partial charge is 0.508 e. The zero-order chi connectivity index (χ0) is 19.4. The third-order valence-corrected chi connectivity index (χ3v) is 4.41. The van der Waals surface area contributed by atoms with Crippen molar-refractivity contribution in [1.82, 2.24) is 9.78 Å². The summed E-state index contributed by atoms with van der Waals surface area (Å²) in [7, 11) is 0. The van der Waals surface area contributed by atoms with Crippen molar-refractivity contribution >= 4 is 29.0 Å². The Balaban J connectivity index is 1.99. The van der Waals surface area contributed by atoms with Crippen LogP contribution in [0.15, 0.2) is 58.7 Å². The Labute approximate surface area is 156 Å². The summed E-state index contributed by atoms with van der Waals surface area (Å²) >= 11 is 1.06. The van der Waals surface area contributed by atoms with E-state index in [1.807, 2.05) is 0 Å². The molecule has 0 aliphatic heterocycles. The van der Waals surface area contributed by atoms with Crippen LogP contribution in [-0.4, -0.2) is 31.8 Å². The van der Waals surface area contributed by atoms with Crippen LogP contribution in [-0.2, 0) is 0 Å². The summed E-state index contributed by atoms with van der Waals surface area (Å²) in [5, 5.41) is 32.6. The van der Waals surface area contributed by atoms with Gasteiger partial charge < -0.3 is 5.11 Å². The maximum absolute atomic E-state index is 11.7. The van der Waals surface area contributed by atoms with E-state index in [1.165, 1.54) is 54.2 Å². The molecule has 0 saturated carbocycles. The molecule has 0 fully saturated rings. The number of aromatic hydroxyl groups is 1. The smallest absolute Gasteiger partial charge is 0.269 e. The number of Topliss-reactive ketones (excluding diaryl/α,β-unsaturated/α-hetero) is 1. The van der Waals surface area contributed by atoms with E-state index in [2.05, 4.69) is 15.3 Å². The molecular weight excluding hydrogens is 370 g/mol. The molecule has 3 rings (SSSR count). The molecule has 9 nitrogen and oxygen atoms in total. The van der Waals surface area contributed by atoms with E-state index in [4.69, 9.17) is 0 Å². The zero-order valence-electron chi connectivity index (χ0n) is 14.0. The van der Waals surface area contributed by atoms with Gasteiger partial charge in [0.25, 0.3) is 5.69 Å². The molecule has 0 bridgehead atoms. The van der Waals surface area contributed by atoms with E-state index >= 15 is 0 Å². The average Bonchev–Trinajstić information content (AvgIpc) is 3.08. The molecule has 1 heterocycles. The molecule has 0 radical (unpaired) electrons. The molecule has 10 heteroatoms. The Hall–Kier alpha value is -3.66. The SMILES string of the molecule is CC(=O)c1nn(-c2ccc([N+](=O)[O-])cc2)c(=N/N=C/c2ccc(O)cc2)s1. The topological polar surface area (TPSA) is 123 Å². The van der Waals surface area contributed by atoms with Crippen LogP contribution in [0.5, 0.6) is 5.75 Å². The Bertz CT molecular complexity index is 1080. The second-order valence-corrected chi connectivity index (χ2v) is 6.32. The van der Waals surface area contributed by atoms with Crippen molar-refractivity contribution in [2.24, 2.45) is 10.2 Å². The number of rotatable bonds is 5. The summed E-state index contributed by atoms with van der Waals surface area (Å²) in [6.45, 7) is 1.39. The highest BCUT2D eigenvalue weighted by atomic mass is 32.1. The molecule has 0 saturated heterocycles. The normalized spacial score (nSPS) is 11.8. The van der Waals surface area contributed by atoms with Crippen molar-refractivity contribution in [1.29, 1.82) is 0 Å². The summed E-state index contributed by atoms with van der Waals surface area (Å²) in [6, 6.07) is 12.1. The van der Waals surface area contributed by atoms with Gasteiger partial charge in [-0.3, -0.25) is 14.9 Å². The predicted molar refractivity (Wildman–Crippen MR) is 99.4 cm³/mol. The number of carbonyl (C=O) groups excluding carboxylic acids is 1. The third kappa shape index (κ3) is 4.30. The van der Waals surface area contributed by atoms with Crippen LogP contribution < -0.4 is 4.80 Å². The Morgan fingerprint density at radius 2 is 1.89 bits per heavy atom. The molecular formula is C17H13N5O4S. The van der Waals surface area contributed by atoms with Gasteiger partial charge in [0.1, 0.15) is 5.75 Å². The fourth-order valence-electron chi connectivity index (χ4n) is 2.08. The number of nitro benzene ring substituents is 1. The monoisotopic (exact) mass is 383 g/mol. The number of hydrogen-bond donors (Lipinski definition) is 1. The van der Waals surface area contributed by atoms with Crippen molar-refractivity contribution in [2.75, 3.05) is 0 Å². The van der Waals surface area contributed by atoms with Gasteiger partial charge in [-0.15, -0.1) is 5.10 Å². The number of nitrogens with zero attached hydrogens (tertiary/aromatic N) is 5. The molecule has 0 unspecified atom stereocenters. The van der Waals surface area contributed by atoms with E-state index < -0.39 is 4.92 Å². The average molecular weight is 383 g/mol. The minimum absolute atomic E-state index is 0.0507. The highest BCUT2D eigenvalue weighted by Crippen LogP contribution is 2.15. The van der Waals surface area contributed by atoms with Crippen molar-refractivity contribution in [3.05, 3.63) is 74.0 Å². The van der Waals surface area contributed by atoms with E-state index in [0.29, 0.717) is 10.5 Å². The fraction of sp³-hybridized carbons (Fsp3) is 0.0588. The van der Waals surface area contributed by atoms with Crippen LogP contribution in [0.3, 0.4) is 0 Å². The molecule has 0 amide bonds. The molecule has 2 aromatic carbocycles. The number of non-ortho nitro benzene ring substituents is 1. The van der Waals surface area contributed by atoms with Crippen LogP contribution in [0.4, 0.5) is 5.69 Å². The minimum Gasteiger partial charge on any atom is -0.508 e. The first kappa shape index (κ1) is 18.1. The molecule has 136 valence electrons. The molecule has 0 atom stereocenters. The highest BCUT2D eigenvalue weighted by molar-refractivity contribution is 7.10. The first-order valence-corrected chi connectivity index (χ1v) is 8.48. The maximum Gasteiger partial charge on any atom is 0.269 e. The van der Waals surface area contributed by atoms with E-state index in [0.717, 1.165) is 16.9 Å². The molecule has 3 aromatic rings. The fourth-order valence-corrected chi connectivity index (χ4v) is 2.84. The summed E-state index contributed by atoms with van der Waals surface area (Å²) in [6.07, 6.45) is 1.49. The Morgan fingerprint density at radius 3 is 2.48 bits per heavy atom. The lowest BCUT2D eigenvalue weighted by Gasteiger charge is -1.99. The van der Waals surface area contributed by atoms with Gasteiger partial charge in [-0.25, -0.2) is 4.68 Å². The second-order valence-electron chi connectivity index (χ2n) is 5.37. The lowest BCUT2D eigenvalue weighted by Crippen LogP contribution is -2.14. The second kappa shape index (κ2) is 7.70. The van der Waals surface area contributed by atoms with E-state index in [1.54, 1.807) is 12.1 Å². The van der Waals surface area contributed by atoms with Gasteiger partial charge in [0.15, 0.2) is 10.8 Å². The van der Waals surface area contributed by atoms with Crippen molar-refractivity contribution in [2.45, 2.75) is 6.92 Å². The molecule has 0 spiro atoms. The summed E-state index contributed by atoms with van der Waals surface area (Å²) in [5.41, 5.74) is 1.20. The standard InChI is InChI=1S/C17H13N5O4S/c1-11(23)16-20-21(13-4-6-14(7-5-13)22(25)26)17(27-16)19-18-10-12-2-8-15(24)9-3-12/h2-10,24H,1H3/b18-10+,19-17?. The molecule has 0 aliphatic carbocycles. The highest BCUT2D eigenvalue weighted by Gasteiger charge is 2.12. The number of nitro groups is 1. The van der Waals surface area contributed by atoms with Gasteiger partial charge in [-0.05, 0) is 42.0 Å². The van der Waals surface area contributed by atoms with Gasteiger partial charge in [0.2, 0.25) is 4.80 Å². The number of hydrogen-bond acceptors (Lipinski definition) is 8. The van der Waals surface area contributed by atoms with Crippen molar-refractivity contribution < 1.29 is 14.8 Å². The lowest BCUT2D eigenvalue weighted by molar-refractivity contribution is -0.384. The van der Waals surface area contributed by atoms with E-state index in [9.17, 15) is 20.0 Å².